The number of halogens is 3. The van der Waals surface area contributed by atoms with Crippen molar-refractivity contribution in [2.45, 2.75) is 25.1 Å². The molecule has 17 heavy (non-hydrogen) atoms. The molecule has 0 N–H and O–H groups in total. The first-order valence-corrected chi connectivity index (χ1v) is 6.08. The number of Topliss-reactive ketones (excluding diaryl/α,β-unsaturated/α-hetero) is 1. The molecular weight excluding hydrogens is 294 g/mol. The molecule has 94 valence electrons. The molecule has 0 saturated heterocycles. The van der Waals surface area contributed by atoms with Crippen molar-refractivity contribution in [1.29, 1.82) is 0 Å². The van der Waals surface area contributed by atoms with Crippen molar-refractivity contribution in [2.24, 2.45) is 0 Å². The number of hydrogen-bond donors (Lipinski definition) is 0. The summed E-state index contributed by atoms with van der Waals surface area (Å²) >= 11 is 3.12. The van der Waals surface area contributed by atoms with Crippen LogP contribution in [0.25, 0.3) is 0 Å². The van der Waals surface area contributed by atoms with Crippen LogP contribution in [0, 0.1) is 0 Å². The Balaban J connectivity index is 3.20. The third kappa shape index (κ3) is 3.49. The van der Waals surface area contributed by atoms with Crippen LogP contribution in [0.1, 0.15) is 36.2 Å². The lowest BCUT2D eigenvalue weighted by molar-refractivity contribution is -0.116. The van der Waals surface area contributed by atoms with E-state index >= 15 is 0 Å². The molecule has 0 saturated carbocycles. The standard InChI is InChI=1S/C12H13BrF2O2/c1-3-17-8-4-5-9(12(14)15)10(6-8)11(13)7(2)16/h4-6,11-12H,3H2,1-2H3. The van der Waals surface area contributed by atoms with Crippen molar-refractivity contribution >= 4 is 21.7 Å². The molecule has 0 bridgehead atoms. The predicted molar refractivity (Wildman–Crippen MR) is 64.9 cm³/mol. The van der Waals surface area contributed by atoms with E-state index in [1.807, 2.05) is 0 Å². The maximum absolute atomic E-state index is 12.8. The summed E-state index contributed by atoms with van der Waals surface area (Å²) in [6.45, 7) is 3.60. The highest BCUT2D eigenvalue weighted by molar-refractivity contribution is 9.09. The van der Waals surface area contributed by atoms with Crippen molar-refractivity contribution in [2.75, 3.05) is 6.61 Å². The number of alkyl halides is 3. The average molecular weight is 307 g/mol. The molecule has 1 atom stereocenters. The van der Waals surface area contributed by atoms with Gasteiger partial charge < -0.3 is 4.74 Å². The Morgan fingerprint density at radius 3 is 2.53 bits per heavy atom. The summed E-state index contributed by atoms with van der Waals surface area (Å²) in [5.41, 5.74) is 0.115. The summed E-state index contributed by atoms with van der Waals surface area (Å²) < 4.78 is 30.8. The highest BCUT2D eigenvalue weighted by Crippen LogP contribution is 2.35. The molecule has 0 aliphatic rings. The second-order valence-electron chi connectivity index (χ2n) is 3.50. The SMILES string of the molecule is CCOc1ccc(C(F)F)c(C(Br)C(C)=O)c1. The van der Waals surface area contributed by atoms with Gasteiger partial charge in [-0.3, -0.25) is 4.79 Å². The van der Waals surface area contributed by atoms with Gasteiger partial charge in [0.1, 0.15) is 11.5 Å². The maximum atomic E-state index is 12.8. The number of rotatable bonds is 5. The molecule has 1 unspecified atom stereocenters. The minimum Gasteiger partial charge on any atom is -0.494 e. The van der Waals surface area contributed by atoms with Crippen LogP contribution in [0.3, 0.4) is 0 Å². The van der Waals surface area contributed by atoms with E-state index in [2.05, 4.69) is 15.9 Å². The van der Waals surface area contributed by atoms with Gasteiger partial charge in [-0.15, -0.1) is 0 Å². The van der Waals surface area contributed by atoms with Crippen LogP contribution in [0.2, 0.25) is 0 Å². The average Bonchev–Trinajstić information content (AvgIpc) is 2.28. The molecule has 0 aliphatic heterocycles. The van der Waals surface area contributed by atoms with Gasteiger partial charge in [0.05, 0.1) is 11.4 Å². The second-order valence-corrected chi connectivity index (χ2v) is 4.41. The van der Waals surface area contributed by atoms with Gasteiger partial charge in [0, 0.05) is 5.56 Å². The lowest BCUT2D eigenvalue weighted by Gasteiger charge is -2.14. The highest BCUT2D eigenvalue weighted by Gasteiger charge is 2.22. The van der Waals surface area contributed by atoms with Crippen LogP contribution < -0.4 is 4.74 Å². The smallest absolute Gasteiger partial charge is 0.264 e. The quantitative estimate of drug-likeness (QED) is 0.767. The third-order valence-corrected chi connectivity index (χ3v) is 3.37. The van der Waals surface area contributed by atoms with E-state index in [0.717, 1.165) is 0 Å². The molecule has 1 aromatic rings. The number of ketones is 1. The van der Waals surface area contributed by atoms with Gasteiger partial charge in [-0.2, -0.15) is 0 Å². The van der Waals surface area contributed by atoms with Crippen LogP contribution in [0.15, 0.2) is 18.2 Å². The second kappa shape index (κ2) is 6.10. The van der Waals surface area contributed by atoms with Crippen molar-refractivity contribution in [3.8, 4) is 5.75 Å². The monoisotopic (exact) mass is 306 g/mol. The summed E-state index contributed by atoms with van der Waals surface area (Å²) in [6.07, 6.45) is -2.61. The fourth-order valence-electron chi connectivity index (χ4n) is 1.45. The molecule has 0 aromatic heterocycles. The molecule has 1 rings (SSSR count). The number of carbonyl (C=O) groups is 1. The first-order valence-electron chi connectivity index (χ1n) is 5.16. The zero-order chi connectivity index (χ0) is 13.0. The van der Waals surface area contributed by atoms with Crippen LogP contribution in [-0.2, 0) is 4.79 Å². The van der Waals surface area contributed by atoms with Crippen molar-refractivity contribution in [3.63, 3.8) is 0 Å². The summed E-state index contributed by atoms with van der Waals surface area (Å²) in [7, 11) is 0. The molecule has 0 radical (unpaired) electrons. The van der Waals surface area contributed by atoms with Crippen molar-refractivity contribution in [1.82, 2.24) is 0 Å². The number of benzene rings is 1. The summed E-state index contributed by atoms with van der Waals surface area (Å²) in [4.78, 5) is 10.5. The highest BCUT2D eigenvalue weighted by atomic mass is 79.9. The minimum absolute atomic E-state index is 0.148. The Hall–Kier alpha value is -0.970. The number of ether oxygens (including phenoxy) is 1. The van der Waals surface area contributed by atoms with Crippen molar-refractivity contribution in [3.05, 3.63) is 29.3 Å². The largest absolute Gasteiger partial charge is 0.494 e. The van der Waals surface area contributed by atoms with E-state index in [1.165, 1.54) is 25.1 Å². The zero-order valence-corrected chi connectivity index (χ0v) is 11.1. The van der Waals surface area contributed by atoms with Gasteiger partial charge >= 0.3 is 0 Å². The van der Waals surface area contributed by atoms with Gasteiger partial charge in [-0.1, -0.05) is 15.9 Å². The number of hydrogen-bond acceptors (Lipinski definition) is 2. The van der Waals surface area contributed by atoms with E-state index in [1.54, 1.807) is 6.92 Å². The van der Waals surface area contributed by atoms with Gasteiger partial charge in [0.2, 0.25) is 0 Å². The zero-order valence-electron chi connectivity index (χ0n) is 9.54. The summed E-state index contributed by atoms with van der Waals surface area (Å²) in [5.74, 6) is 0.262. The molecule has 2 nitrogen and oxygen atoms in total. The first-order chi connectivity index (χ1) is 7.97. The first kappa shape index (κ1) is 14.1. The predicted octanol–water partition coefficient (Wildman–Crippen LogP) is 4.05. The summed E-state index contributed by atoms with van der Waals surface area (Å²) in [6, 6.07) is 4.25. The van der Waals surface area contributed by atoms with Crippen LogP contribution in [0.5, 0.6) is 5.75 Å². The molecule has 0 amide bonds. The molecule has 5 heteroatoms. The molecule has 0 spiro atoms. The topological polar surface area (TPSA) is 26.3 Å². The van der Waals surface area contributed by atoms with E-state index < -0.39 is 11.3 Å². The van der Waals surface area contributed by atoms with E-state index in [-0.39, 0.29) is 16.9 Å². The molecule has 0 heterocycles. The van der Waals surface area contributed by atoms with Gasteiger partial charge in [-0.25, -0.2) is 8.78 Å². The Kier molecular flexibility index (Phi) is 5.05. The molecular formula is C12H13BrF2O2. The molecule has 0 aliphatic carbocycles. The fourth-order valence-corrected chi connectivity index (χ4v) is 1.84. The number of carbonyl (C=O) groups excluding carboxylic acids is 1. The third-order valence-electron chi connectivity index (χ3n) is 2.23. The van der Waals surface area contributed by atoms with Crippen LogP contribution in [-0.4, -0.2) is 12.4 Å². The molecule has 1 aromatic carbocycles. The normalized spacial score (nSPS) is 12.6. The Labute approximate surface area is 107 Å². The van der Waals surface area contributed by atoms with Crippen LogP contribution in [0.4, 0.5) is 8.78 Å². The lowest BCUT2D eigenvalue weighted by Crippen LogP contribution is -2.06. The van der Waals surface area contributed by atoms with Gasteiger partial charge in [-0.05, 0) is 37.6 Å². The van der Waals surface area contributed by atoms with E-state index in [9.17, 15) is 13.6 Å². The van der Waals surface area contributed by atoms with E-state index in [4.69, 9.17) is 4.74 Å². The Bertz CT molecular complexity index is 407. The van der Waals surface area contributed by atoms with Crippen LogP contribution >= 0.6 is 15.9 Å². The lowest BCUT2D eigenvalue weighted by atomic mass is 10.0. The van der Waals surface area contributed by atoms with Gasteiger partial charge in [0.15, 0.2) is 0 Å². The van der Waals surface area contributed by atoms with Gasteiger partial charge in [0.25, 0.3) is 6.43 Å². The fraction of sp³-hybridized carbons (Fsp3) is 0.417. The van der Waals surface area contributed by atoms with Crippen molar-refractivity contribution < 1.29 is 18.3 Å². The minimum atomic E-state index is -2.61. The van der Waals surface area contributed by atoms with E-state index in [0.29, 0.717) is 12.4 Å². The molecule has 0 fully saturated rings. The Morgan fingerprint density at radius 1 is 1.41 bits per heavy atom. The maximum Gasteiger partial charge on any atom is 0.264 e. The summed E-state index contributed by atoms with van der Waals surface area (Å²) in [5, 5.41) is 0. The Morgan fingerprint density at radius 2 is 2.06 bits per heavy atom.